The molecule has 110 valence electrons. The van der Waals surface area contributed by atoms with Crippen molar-refractivity contribution < 1.29 is 4.79 Å². The number of carbonyl (C=O) groups is 1. The molecule has 1 aromatic carbocycles. The molecule has 0 radical (unpaired) electrons. The molecule has 1 aromatic heterocycles. The number of hydrogen-bond acceptors (Lipinski definition) is 3. The topological polar surface area (TPSA) is 59.8 Å². The first-order chi connectivity index (χ1) is 10.0. The van der Waals surface area contributed by atoms with Crippen LogP contribution in [0.25, 0.3) is 0 Å². The van der Waals surface area contributed by atoms with Crippen LogP contribution in [-0.4, -0.2) is 26.7 Å². The number of benzene rings is 1. The van der Waals surface area contributed by atoms with Crippen LogP contribution in [0.1, 0.15) is 33.7 Å². The Morgan fingerprint density at radius 3 is 3.05 bits per heavy atom. The summed E-state index contributed by atoms with van der Waals surface area (Å²) < 4.78 is 2.73. The number of hydrogen-bond donors (Lipinski definition) is 1. The summed E-state index contributed by atoms with van der Waals surface area (Å²) in [6.07, 6.45) is 3.31. The molecule has 0 saturated heterocycles. The summed E-state index contributed by atoms with van der Waals surface area (Å²) in [6, 6.07) is 4.07. The second-order valence-corrected chi connectivity index (χ2v) is 6.30. The zero-order chi connectivity index (χ0) is 15.0. The summed E-state index contributed by atoms with van der Waals surface area (Å²) in [5, 5.41) is 7.28. The molecule has 1 unspecified atom stereocenters. The zero-order valence-corrected chi connectivity index (χ0v) is 13.6. The molecule has 21 heavy (non-hydrogen) atoms. The molecule has 1 amide bonds. The van der Waals surface area contributed by atoms with Crippen molar-refractivity contribution in [1.82, 2.24) is 20.1 Å². The van der Waals surface area contributed by atoms with Gasteiger partial charge in [0, 0.05) is 16.9 Å². The van der Waals surface area contributed by atoms with E-state index in [0.717, 1.165) is 34.3 Å². The van der Waals surface area contributed by atoms with Crippen molar-refractivity contribution in [2.75, 3.05) is 0 Å². The minimum Gasteiger partial charge on any atom is -0.347 e. The predicted octanol–water partition coefficient (Wildman–Crippen LogP) is 2.40. The van der Waals surface area contributed by atoms with Crippen LogP contribution in [0, 0.1) is 13.8 Å². The molecular formula is C15H17BrN4O. The molecule has 0 aliphatic carbocycles. The number of nitrogens with one attached hydrogen (secondary N) is 1. The molecule has 1 N–H and O–H groups in total. The number of aromatic nitrogens is 3. The van der Waals surface area contributed by atoms with Gasteiger partial charge < -0.3 is 5.32 Å². The van der Waals surface area contributed by atoms with E-state index >= 15 is 0 Å². The third-order valence-corrected chi connectivity index (χ3v) is 4.84. The molecule has 6 heteroatoms. The molecule has 1 aliphatic rings. The lowest BCUT2D eigenvalue weighted by Crippen LogP contribution is -2.41. The van der Waals surface area contributed by atoms with E-state index < -0.39 is 0 Å². The van der Waals surface area contributed by atoms with Gasteiger partial charge >= 0.3 is 0 Å². The number of nitrogens with zero attached hydrogens (tertiary/aromatic N) is 3. The first kappa shape index (κ1) is 14.3. The minimum atomic E-state index is -0.0396. The van der Waals surface area contributed by atoms with Crippen LogP contribution in [0.15, 0.2) is 22.9 Å². The average molecular weight is 349 g/mol. The second-order valence-electron chi connectivity index (χ2n) is 5.51. The molecule has 3 rings (SSSR count). The lowest BCUT2D eigenvalue weighted by Gasteiger charge is -2.24. The Bertz CT molecular complexity index is 695. The molecule has 2 heterocycles. The first-order valence-electron chi connectivity index (χ1n) is 6.99. The Kier molecular flexibility index (Phi) is 3.80. The van der Waals surface area contributed by atoms with Crippen LogP contribution in [0.4, 0.5) is 0 Å². The van der Waals surface area contributed by atoms with Crippen molar-refractivity contribution in [1.29, 1.82) is 0 Å². The van der Waals surface area contributed by atoms with E-state index in [1.54, 1.807) is 6.33 Å². The summed E-state index contributed by atoms with van der Waals surface area (Å²) >= 11 is 3.51. The van der Waals surface area contributed by atoms with Crippen LogP contribution >= 0.6 is 15.9 Å². The van der Waals surface area contributed by atoms with Crippen molar-refractivity contribution in [2.45, 2.75) is 39.3 Å². The van der Waals surface area contributed by atoms with Gasteiger partial charge in [0.1, 0.15) is 12.2 Å². The fraction of sp³-hybridized carbons (Fsp3) is 0.400. The van der Waals surface area contributed by atoms with Gasteiger partial charge in [-0.05, 0) is 53.4 Å². The maximum Gasteiger partial charge on any atom is 0.252 e. The van der Waals surface area contributed by atoms with Crippen LogP contribution in [0.3, 0.4) is 0 Å². The molecule has 0 saturated carbocycles. The SMILES string of the molecule is Cc1cc(C)c(Br)c(C(=O)NC2CCc3ncnn3C2)c1. The highest BCUT2D eigenvalue weighted by Gasteiger charge is 2.22. The second kappa shape index (κ2) is 5.60. The third kappa shape index (κ3) is 2.85. The van der Waals surface area contributed by atoms with Crippen molar-refractivity contribution in [3.8, 4) is 0 Å². The fourth-order valence-corrected chi connectivity index (χ4v) is 3.14. The summed E-state index contributed by atoms with van der Waals surface area (Å²) in [6.45, 7) is 4.68. The van der Waals surface area contributed by atoms with Gasteiger partial charge in [-0.1, -0.05) is 6.07 Å². The number of halogens is 1. The number of carbonyl (C=O) groups excluding carboxylic acids is 1. The van der Waals surface area contributed by atoms with Crippen molar-refractivity contribution in [3.63, 3.8) is 0 Å². The fourth-order valence-electron chi connectivity index (χ4n) is 2.73. The summed E-state index contributed by atoms with van der Waals surface area (Å²) in [4.78, 5) is 16.7. The van der Waals surface area contributed by atoms with Crippen molar-refractivity contribution >= 4 is 21.8 Å². The summed E-state index contributed by atoms with van der Waals surface area (Å²) in [5.74, 6) is 0.954. The van der Waals surface area contributed by atoms with Crippen LogP contribution in [0.5, 0.6) is 0 Å². The molecule has 1 aliphatic heterocycles. The minimum absolute atomic E-state index is 0.0396. The van der Waals surface area contributed by atoms with E-state index in [1.807, 2.05) is 24.6 Å². The zero-order valence-electron chi connectivity index (χ0n) is 12.1. The highest BCUT2D eigenvalue weighted by atomic mass is 79.9. The highest BCUT2D eigenvalue weighted by Crippen LogP contribution is 2.23. The van der Waals surface area contributed by atoms with Crippen molar-refractivity contribution in [2.24, 2.45) is 0 Å². The van der Waals surface area contributed by atoms with Gasteiger partial charge in [0.25, 0.3) is 5.91 Å². The first-order valence-corrected chi connectivity index (χ1v) is 7.78. The van der Waals surface area contributed by atoms with Gasteiger partial charge in [-0.2, -0.15) is 5.10 Å². The van der Waals surface area contributed by atoms with E-state index in [0.29, 0.717) is 12.1 Å². The predicted molar refractivity (Wildman–Crippen MR) is 83.2 cm³/mol. The maximum absolute atomic E-state index is 12.5. The van der Waals surface area contributed by atoms with E-state index in [9.17, 15) is 4.79 Å². The van der Waals surface area contributed by atoms with Gasteiger partial charge in [0.05, 0.1) is 12.1 Å². The van der Waals surface area contributed by atoms with E-state index in [2.05, 4.69) is 37.4 Å². The van der Waals surface area contributed by atoms with E-state index in [1.165, 1.54) is 0 Å². The summed E-state index contributed by atoms with van der Waals surface area (Å²) in [7, 11) is 0. The third-order valence-electron chi connectivity index (χ3n) is 3.78. The van der Waals surface area contributed by atoms with Crippen molar-refractivity contribution in [3.05, 3.63) is 45.4 Å². The molecule has 5 nitrogen and oxygen atoms in total. The normalized spacial score (nSPS) is 17.4. The highest BCUT2D eigenvalue weighted by molar-refractivity contribution is 9.10. The van der Waals surface area contributed by atoms with Gasteiger partial charge in [-0.15, -0.1) is 0 Å². The Hall–Kier alpha value is -1.69. The van der Waals surface area contributed by atoms with Gasteiger partial charge in [-0.25, -0.2) is 9.67 Å². The molecule has 0 fully saturated rings. The lowest BCUT2D eigenvalue weighted by molar-refractivity contribution is 0.0925. The number of amides is 1. The molecule has 2 aromatic rings. The number of aryl methyl sites for hydroxylation is 3. The van der Waals surface area contributed by atoms with E-state index in [-0.39, 0.29) is 11.9 Å². The molecule has 0 bridgehead atoms. The monoisotopic (exact) mass is 348 g/mol. The number of fused-ring (bicyclic) bond motifs is 1. The molecule has 0 spiro atoms. The van der Waals surface area contributed by atoms with Gasteiger partial charge in [-0.3, -0.25) is 4.79 Å². The standard InChI is InChI=1S/C15H17BrN4O/c1-9-5-10(2)14(16)12(6-9)15(21)19-11-3-4-13-17-8-18-20(13)7-11/h5-6,8,11H,3-4,7H2,1-2H3,(H,19,21). The van der Waals surface area contributed by atoms with Crippen LogP contribution in [0.2, 0.25) is 0 Å². The maximum atomic E-state index is 12.5. The average Bonchev–Trinajstić information content (AvgIpc) is 2.90. The Morgan fingerprint density at radius 2 is 2.24 bits per heavy atom. The quantitative estimate of drug-likeness (QED) is 0.906. The van der Waals surface area contributed by atoms with Gasteiger partial charge in [0.2, 0.25) is 0 Å². The largest absolute Gasteiger partial charge is 0.347 e. The smallest absolute Gasteiger partial charge is 0.252 e. The Morgan fingerprint density at radius 1 is 1.43 bits per heavy atom. The van der Waals surface area contributed by atoms with Gasteiger partial charge in [0.15, 0.2) is 0 Å². The Labute approximate surface area is 131 Å². The molecule has 1 atom stereocenters. The summed E-state index contributed by atoms with van der Waals surface area (Å²) in [5.41, 5.74) is 2.85. The lowest BCUT2D eigenvalue weighted by atomic mass is 10.0. The number of rotatable bonds is 2. The molecular weight excluding hydrogens is 332 g/mol. The van der Waals surface area contributed by atoms with Crippen LogP contribution in [-0.2, 0) is 13.0 Å². The van der Waals surface area contributed by atoms with Crippen LogP contribution < -0.4 is 5.32 Å². The Balaban J connectivity index is 1.76. The van der Waals surface area contributed by atoms with E-state index in [4.69, 9.17) is 0 Å².